The molecule has 90 valence electrons. The van der Waals surface area contributed by atoms with Crippen LogP contribution in [0.1, 0.15) is 19.4 Å². The maximum absolute atomic E-state index is 11.4. The molecule has 1 aromatic carbocycles. The highest BCUT2D eigenvalue weighted by atomic mass is 16.6. The molecule has 1 N–H and O–H groups in total. The average molecular weight is 234 g/mol. The van der Waals surface area contributed by atoms with E-state index in [4.69, 9.17) is 9.57 Å². The van der Waals surface area contributed by atoms with Gasteiger partial charge in [-0.05, 0) is 38.1 Å². The van der Waals surface area contributed by atoms with Crippen LogP contribution in [-0.4, -0.2) is 24.5 Å². The van der Waals surface area contributed by atoms with Gasteiger partial charge < -0.3 is 14.9 Å². The third kappa shape index (κ3) is 2.55. The van der Waals surface area contributed by atoms with Crippen LogP contribution in [0, 0.1) is 0 Å². The van der Waals surface area contributed by atoms with Gasteiger partial charge >= 0.3 is 0 Å². The molecule has 0 spiro atoms. The van der Waals surface area contributed by atoms with E-state index in [-0.39, 0.29) is 5.91 Å². The van der Waals surface area contributed by atoms with Gasteiger partial charge in [-0.15, -0.1) is 0 Å². The molecule has 5 nitrogen and oxygen atoms in total. The van der Waals surface area contributed by atoms with Crippen molar-refractivity contribution in [3.05, 3.63) is 29.8 Å². The number of carbonyl (C=O) groups excluding carboxylic acids is 1. The van der Waals surface area contributed by atoms with Crippen LogP contribution in [0.3, 0.4) is 0 Å². The molecule has 17 heavy (non-hydrogen) atoms. The Bertz CT molecular complexity index is 440. The summed E-state index contributed by atoms with van der Waals surface area (Å²) >= 11 is 0. The lowest BCUT2D eigenvalue weighted by Gasteiger charge is -2.18. The van der Waals surface area contributed by atoms with E-state index in [1.54, 1.807) is 6.92 Å². The molecule has 2 rings (SSSR count). The second-order valence-corrected chi connectivity index (χ2v) is 3.63. The van der Waals surface area contributed by atoms with Crippen molar-refractivity contribution in [1.82, 2.24) is 5.32 Å². The highest BCUT2D eigenvalue weighted by Gasteiger charge is 2.22. The standard InChI is InChI=1S/C12H14N2O3/c1-3-16-10-6-4-9(5-7-10)11-13-12(15)8(2)17-14-11/h4-8H,3H2,1-2H3,(H,13,14,15). The lowest BCUT2D eigenvalue weighted by molar-refractivity contribution is -0.131. The van der Waals surface area contributed by atoms with Crippen molar-refractivity contribution in [2.45, 2.75) is 20.0 Å². The predicted molar refractivity (Wildman–Crippen MR) is 62.8 cm³/mol. The van der Waals surface area contributed by atoms with Crippen molar-refractivity contribution in [1.29, 1.82) is 0 Å². The van der Waals surface area contributed by atoms with Crippen LogP contribution in [0.4, 0.5) is 0 Å². The van der Waals surface area contributed by atoms with Crippen LogP contribution in [0.5, 0.6) is 5.75 Å². The summed E-state index contributed by atoms with van der Waals surface area (Å²) < 4.78 is 5.33. The van der Waals surface area contributed by atoms with Gasteiger partial charge in [-0.1, -0.05) is 5.16 Å². The van der Waals surface area contributed by atoms with E-state index in [0.717, 1.165) is 11.3 Å². The Labute approximate surface area is 99.4 Å². The SMILES string of the molecule is CCOc1ccc(C2=NOC(C)C(=O)N2)cc1. The first-order valence-electron chi connectivity index (χ1n) is 5.48. The minimum absolute atomic E-state index is 0.191. The number of nitrogens with zero attached hydrogens (tertiary/aromatic N) is 1. The molecule has 1 unspecified atom stereocenters. The van der Waals surface area contributed by atoms with Crippen LogP contribution in [0.2, 0.25) is 0 Å². The first-order valence-corrected chi connectivity index (χ1v) is 5.48. The quantitative estimate of drug-likeness (QED) is 0.857. The summed E-state index contributed by atoms with van der Waals surface area (Å²) in [7, 11) is 0. The minimum atomic E-state index is -0.540. The number of amidine groups is 1. The minimum Gasteiger partial charge on any atom is -0.494 e. The van der Waals surface area contributed by atoms with E-state index < -0.39 is 6.10 Å². The van der Waals surface area contributed by atoms with E-state index in [1.807, 2.05) is 31.2 Å². The van der Waals surface area contributed by atoms with Gasteiger partial charge in [0.25, 0.3) is 5.91 Å². The Morgan fingerprint density at radius 1 is 1.41 bits per heavy atom. The van der Waals surface area contributed by atoms with Crippen LogP contribution < -0.4 is 10.1 Å². The van der Waals surface area contributed by atoms with E-state index in [2.05, 4.69) is 10.5 Å². The van der Waals surface area contributed by atoms with Crippen molar-refractivity contribution in [2.24, 2.45) is 5.16 Å². The van der Waals surface area contributed by atoms with Crippen LogP contribution in [0.25, 0.3) is 0 Å². The summed E-state index contributed by atoms with van der Waals surface area (Å²) in [6.07, 6.45) is -0.540. The van der Waals surface area contributed by atoms with Crippen molar-refractivity contribution < 1.29 is 14.4 Å². The number of carbonyl (C=O) groups is 1. The van der Waals surface area contributed by atoms with Gasteiger partial charge in [-0.3, -0.25) is 4.79 Å². The van der Waals surface area contributed by atoms with Crippen molar-refractivity contribution in [3.8, 4) is 5.75 Å². The fraction of sp³-hybridized carbons (Fsp3) is 0.333. The summed E-state index contributed by atoms with van der Waals surface area (Å²) in [5.41, 5.74) is 0.786. The number of rotatable bonds is 3. The molecule has 1 atom stereocenters. The van der Waals surface area contributed by atoms with E-state index in [1.165, 1.54) is 0 Å². The maximum Gasteiger partial charge on any atom is 0.269 e. The smallest absolute Gasteiger partial charge is 0.269 e. The van der Waals surface area contributed by atoms with Crippen LogP contribution in [0.15, 0.2) is 29.4 Å². The molecule has 1 aliphatic rings. The zero-order valence-corrected chi connectivity index (χ0v) is 9.77. The second kappa shape index (κ2) is 4.86. The van der Waals surface area contributed by atoms with Gasteiger partial charge in [0.1, 0.15) is 5.75 Å². The fourth-order valence-electron chi connectivity index (χ4n) is 1.42. The number of ether oxygens (including phenoxy) is 1. The fourth-order valence-corrected chi connectivity index (χ4v) is 1.42. The van der Waals surface area contributed by atoms with Gasteiger partial charge in [-0.2, -0.15) is 0 Å². The normalized spacial score (nSPS) is 19.1. The van der Waals surface area contributed by atoms with Crippen LogP contribution >= 0.6 is 0 Å². The molecule has 0 bridgehead atoms. The molecule has 1 aromatic rings. The van der Waals surface area contributed by atoms with Gasteiger partial charge in [-0.25, -0.2) is 0 Å². The number of hydrogen-bond acceptors (Lipinski definition) is 4. The topological polar surface area (TPSA) is 59.9 Å². The highest BCUT2D eigenvalue weighted by Crippen LogP contribution is 2.13. The number of benzene rings is 1. The Hall–Kier alpha value is -2.04. The number of nitrogens with one attached hydrogen (secondary N) is 1. The number of oxime groups is 1. The van der Waals surface area contributed by atoms with Gasteiger partial charge in [0.2, 0.25) is 6.10 Å². The first-order chi connectivity index (χ1) is 8.20. The summed E-state index contributed by atoms with van der Waals surface area (Å²) in [5, 5.41) is 6.53. The first kappa shape index (κ1) is 11.4. The van der Waals surface area contributed by atoms with Crippen molar-refractivity contribution in [2.75, 3.05) is 6.61 Å². The van der Waals surface area contributed by atoms with Crippen molar-refractivity contribution >= 4 is 11.7 Å². The van der Waals surface area contributed by atoms with Gasteiger partial charge in [0, 0.05) is 5.56 Å². The molecule has 0 saturated heterocycles. The van der Waals surface area contributed by atoms with Gasteiger partial charge in [0.05, 0.1) is 6.61 Å². The summed E-state index contributed by atoms with van der Waals surface area (Å²) in [6.45, 7) is 4.19. The lowest BCUT2D eigenvalue weighted by Crippen LogP contribution is -2.42. The third-order valence-electron chi connectivity index (χ3n) is 2.35. The second-order valence-electron chi connectivity index (χ2n) is 3.63. The molecule has 1 heterocycles. The number of hydrogen-bond donors (Lipinski definition) is 1. The van der Waals surface area contributed by atoms with E-state index >= 15 is 0 Å². The Balaban J connectivity index is 2.15. The lowest BCUT2D eigenvalue weighted by atomic mass is 10.2. The summed E-state index contributed by atoms with van der Waals surface area (Å²) in [5.74, 6) is 1.02. The molecule has 0 aliphatic carbocycles. The zero-order valence-electron chi connectivity index (χ0n) is 9.77. The molecule has 0 radical (unpaired) electrons. The Morgan fingerprint density at radius 3 is 2.71 bits per heavy atom. The molecular weight excluding hydrogens is 220 g/mol. The zero-order chi connectivity index (χ0) is 12.3. The number of amides is 1. The summed E-state index contributed by atoms with van der Waals surface area (Å²) in [4.78, 5) is 16.4. The Kier molecular flexibility index (Phi) is 3.27. The maximum atomic E-state index is 11.4. The van der Waals surface area contributed by atoms with E-state index in [9.17, 15) is 4.79 Å². The molecule has 0 saturated carbocycles. The van der Waals surface area contributed by atoms with E-state index in [0.29, 0.717) is 12.4 Å². The van der Waals surface area contributed by atoms with Gasteiger partial charge in [0.15, 0.2) is 5.84 Å². The van der Waals surface area contributed by atoms with Crippen LogP contribution in [-0.2, 0) is 9.63 Å². The highest BCUT2D eigenvalue weighted by molar-refractivity contribution is 6.09. The molecule has 0 aromatic heterocycles. The monoisotopic (exact) mass is 234 g/mol. The largest absolute Gasteiger partial charge is 0.494 e. The molecule has 0 fully saturated rings. The summed E-state index contributed by atoms with van der Waals surface area (Å²) in [6, 6.07) is 7.30. The molecule has 5 heteroatoms. The molecule has 1 amide bonds. The molecular formula is C12H14N2O3. The van der Waals surface area contributed by atoms with Crippen molar-refractivity contribution in [3.63, 3.8) is 0 Å². The third-order valence-corrected chi connectivity index (χ3v) is 2.35. The predicted octanol–water partition coefficient (Wildman–Crippen LogP) is 1.28. The Morgan fingerprint density at radius 2 is 2.12 bits per heavy atom. The average Bonchev–Trinajstić information content (AvgIpc) is 2.34. The molecule has 1 aliphatic heterocycles.